The van der Waals surface area contributed by atoms with Gasteiger partial charge in [-0.25, -0.2) is 0 Å². The molecule has 164 valence electrons. The van der Waals surface area contributed by atoms with E-state index in [9.17, 15) is 0 Å². The van der Waals surface area contributed by atoms with E-state index in [1.165, 1.54) is 63.3 Å². The van der Waals surface area contributed by atoms with E-state index in [1.54, 1.807) is 0 Å². The maximum absolute atomic E-state index is 2.52. The number of pyridine rings is 1. The van der Waals surface area contributed by atoms with E-state index in [2.05, 4.69) is 126 Å². The number of fused-ring (bicyclic) bond motifs is 1. The summed E-state index contributed by atoms with van der Waals surface area (Å²) < 4.78 is 2.52. The highest BCUT2D eigenvalue weighted by Crippen LogP contribution is 2.34. The van der Waals surface area contributed by atoms with Crippen molar-refractivity contribution in [2.24, 2.45) is 0 Å². The Bertz CT molecular complexity index is 1400. The van der Waals surface area contributed by atoms with Crippen molar-refractivity contribution in [1.82, 2.24) is 0 Å². The fraction of sp³-hybridized carbons (Fsp3) is 0.121. The van der Waals surface area contributed by atoms with Crippen LogP contribution in [0.4, 0.5) is 0 Å². The van der Waals surface area contributed by atoms with Crippen LogP contribution < -0.4 is 4.57 Å². The average Bonchev–Trinajstić information content (AvgIpc) is 2.94. The molecule has 1 nitrogen and oxygen atoms in total. The maximum atomic E-state index is 2.52. The van der Waals surface area contributed by atoms with Crippen molar-refractivity contribution in [1.29, 1.82) is 0 Å². The normalized spacial score (nSPS) is 12.8. The Morgan fingerprint density at radius 3 is 1.65 bits per heavy atom. The van der Waals surface area contributed by atoms with Gasteiger partial charge in [-0.05, 0) is 65.8 Å². The van der Waals surface area contributed by atoms with E-state index in [-0.39, 0.29) is 0 Å². The molecule has 1 aromatic heterocycles. The van der Waals surface area contributed by atoms with Crippen LogP contribution in [0.5, 0.6) is 0 Å². The molecule has 0 saturated heterocycles. The number of aromatic nitrogens is 1. The molecular weight excluding hydrogens is 410 g/mol. The van der Waals surface area contributed by atoms with Gasteiger partial charge >= 0.3 is 0 Å². The number of rotatable bonds is 4. The SMILES string of the molecule is c1ccc(-c2ccc(-[n+]3c(-c4ccccc4)cc(-c4ccccc4)c4c3CCCC4)cc2)cc1. The van der Waals surface area contributed by atoms with E-state index in [1.807, 2.05) is 0 Å². The highest BCUT2D eigenvalue weighted by atomic mass is 15.0. The van der Waals surface area contributed by atoms with E-state index in [0.29, 0.717) is 0 Å². The van der Waals surface area contributed by atoms with Crippen LogP contribution in [-0.4, -0.2) is 0 Å². The zero-order chi connectivity index (χ0) is 22.7. The van der Waals surface area contributed by atoms with Crippen molar-refractivity contribution in [2.45, 2.75) is 25.7 Å². The predicted octanol–water partition coefficient (Wildman–Crippen LogP) is 7.84. The largest absolute Gasteiger partial charge is 0.219 e. The summed E-state index contributed by atoms with van der Waals surface area (Å²) in [6.07, 6.45) is 4.74. The Kier molecular flexibility index (Phi) is 5.53. The summed E-state index contributed by atoms with van der Waals surface area (Å²) in [5, 5.41) is 0. The van der Waals surface area contributed by atoms with E-state index in [0.717, 1.165) is 12.8 Å². The van der Waals surface area contributed by atoms with Crippen LogP contribution in [0.1, 0.15) is 24.1 Å². The Balaban J connectivity index is 1.58. The molecule has 0 spiro atoms. The summed E-state index contributed by atoms with van der Waals surface area (Å²) in [5.74, 6) is 0. The summed E-state index contributed by atoms with van der Waals surface area (Å²) in [6.45, 7) is 0. The Morgan fingerprint density at radius 2 is 1.00 bits per heavy atom. The maximum Gasteiger partial charge on any atom is 0.219 e. The number of hydrogen-bond donors (Lipinski definition) is 0. The van der Waals surface area contributed by atoms with E-state index >= 15 is 0 Å². The Morgan fingerprint density at radius 1 is 0.471 bits per heavy atom. The third-order valence-electron chi connectivity index (χ3n) is 6.94. The van der Waals surface area contributed by atoms with Gasteiger partial charge in [0.15, 0.2) is 5.69 Å². The van der Waals surface area contributed by atoms with Gasteiger partial charge in [-0.2, -0.15) is 4.57 Å². The molecule has 0 aliphatic heterocycles. The molecule has 0 amide bonds. The standard InChI is InChI=1S/C33H28N/c1-4-12-25(13-5-1)26-20-22-29(23-21-26)34-32-19-11-10-18-30(32)31(27-14-6-2-7-15-27)24-33(34)28-16-8-3-9-17-28/h1-9,12-17,20-24H,10-11,18-19H2/q+1. The number of hydrogen-bond acceptors (Lipinski definition) is 0. The van der Waals surface area contributed by atoms with Crippen molar-refractivity contribution < 1.29 is 4.57 Å². The molecule has 6 rings (SSSR count). The van der Waals surface area contributed by atoms with Crippen molar-refractivity contribution in [2.75, 3.05) is 0 Å². The van der Waals surface area contributed by atoms with E-state index in [4.69, 9.17) is 0 Å². The highest BCUT2D eigenvalue weighted by molar-refractivity contribution is 5.73. The first kappa shape index (κ1) is 20.6. The fourth-order valence-electron chi connectivity index (χ4n) is 5.29. The second-order valence-electron chi connectivity index (χ2n) is 9.06. The summed E-state index contributed by atoms with van der Waals surface area (Å²) in [6, 6.07) is 43.8. The molecular formula is C33H28N+. The minimum absolute atomic E-state index is 1.11. The van der Waals surface area contributed by atoms with Crippen LogP contribution >= 0.6 is 0 Å². The molecule has 0 radical (unpaired) electrons. The molecule has 1 aliphatic carbocycles. The second-order valence-corrected chi connectivity index (χ2v) is 9.06. The quantitative estimate of drug-likeness (QED) is 0.252. The first-order valence-electron chi connectivity index (χ1n) is 12.3. The summed E-state index contributed by atoms with van der Waals surface area (Å²) in [5.41, 5.74) is 11.9. The van der Waals surface area contributed by atoms with Gasteiger partial charge in [-0.1, -0.05) is 78.9 Å². The highest BCUT2D eigenvalue weighted by Gasteiger charge is 2.30. The molecule has 4 aromatic carbocycles. The molecule has 0 atom stereocenters. The topological polar surface area (TPSA) is 3.88 Å². The lowest BCUT2D eigenvalue weighted by molar-refractivity contribution is -0.593. The number of nitrogens with zero attached hydrogens (tertiary/aromatic N) is 1. The van der Waals surface area contributed by atoms with Crippen molar-refractivity contribution in [3.05, 3.63) is 133 Å². The molecule has 0 bridgehead atoms. The van der Waals surface area contributed by atoms with Gasteiger partial charge in [0, 0.05) is 35.7 Å². The van der Waals surface area contributed by atoms with Crippen molar-refractivity contribution >= 4 is 0 Å². The van der Waals surface area contributed by atoms with Gasteiger partial charge in [0.25, 0.3) is 0 Å². The summed E-state index contributed by atoms with van der Waals surface area (Å²) >= 11 is 0. The average molecular weight is 439 g/mol. The van der Waals surface area contributed by atoms with Crippen LogP contribution in [0.2, 0.25) is 0 Å². The second kappa shape index (κ2) is 9.11. The lowest BCUT2D eigenvalue weighted by atomic mass is 9.87. The van der Waals surface area contributed by atoms with Crippen LogP contribution in [0, 0.1) is 0 Å². The lowest BCUT2D eigenvalue weighted by Crippen LogP contribution is -2.41. The van der Waals surface area contributed by atoms with Crippen molar-refractivity contribution in [3.63, 3.8) is 0 Å². The predicted molar refractivity (Wildman–Crippen MR) is 141 cm³/mol. The first-order chi connectivity index (χ1) is 16.9. The van der Waals surface area contributed by atoms with Crippen LogP contribution in [0.15, 0.2) is 121 Å². The summed E-state index contributed by atoms with van der Waals surface area (Å²) in [7, 11) is 0. The molecule has 0 N–H and O–H groups in total. The Hall–Kier alpha value is -3.97. The lowest BCUT2D eigenvalue weighted by Gasteiger charge is -2.20. The van der Waals surface area contributed by atoms with Crippen LogP contribution in [0.3, 0.4) is 0 Å². The van der Waals surface area contributed by atoms with Gasteiger partial charge in [-0.15, -0.1) is 0 Å². The zero-order valence-corrected chi connectivity index (χ0v) is 19.3. The molecule has 0 unspecified atom stereocenters. The van der Waals surface area contributed by atoms with Gasteiger partial charge < -0.3 is 0 Å². The first-order valence-corrected chi connectivity index (χ1v) is 12.3. The summed E-state index contributed by atoms with van der Waals surface area (Å²) in [4.78, 5) is 0. The smallest absolute Gasteiger partial charge is 0.157 e. The molecule has 1 heterocycles. The van der Waals surface area contributed by atoms with Crippen LogP contribution in [-0.2, 0) is 12.8 Å². The molecule has 0 fully saturated rings. The minimum Gasteiger partial charge on any atom is -0.157 e. The van der Waals surface area contributed by atoms with Crippen molar-refractivity contribution in [3.8, 4) is 39.2 Å². The Labute approximate surface area is 202 Å². The van der Waals surface area contributed by atoms with Gasteiger partial charge in [-0.3, -0.25) is 0 Å². The zero-order valence-electron chi connectivity index (χ0n) is 19.3. The number of benzene rings is 4. The third kappa shape index (κ3) is 3.84. The molecule has 1 aliphatic rings. The van der Waals surface area contributed by atoms with Gasteiger partial charge in [0.2, 0.25) is 11.4 Å². The fourth-order valence-corrected chi connectivity index (χ4v) is 5.29. The van der Waals surface area contributed by atoms with Crippen LogP contribution in [0.25, 0.3) is 39.2 Å². The monoisotopic (exact) mass is 438 g/mol. The van der Waals surface area contributed by atoms with Gasteiger partial charge in [0.05, 0.1) is 0 Å². The third-order valence-corrected chi connectivity index (χ3v) is 6.94. The molecule has 34 heavy (non-hydrogen) atoms. The molecule has 0 saturated carbocycles. The minimum atomic E-state index is 1.11. The van der Waals surface area contributed by atoms with E-state index < -0.39 is 0 Å². The molecule has 5 aromatic rings. The van der Waals surface area contributed by atoms with Gasteiger partial charge in [0.1, 0.15) is 0 Å². The molecule has 1 heteroatoms.